The zero-order chi connectivity index (χ0) is 21.2. The maximum atomic E-state index is 13.2. The molecule has 6 heteroatoms. The van der Waals surface area contributed by atoms with Gasteiger partial charge in [0.25, 0.3) is 11.8 Å². The number of hydrogen-bond donors (Lipinski definition) is 1. The number of aromatic nitrogens is 1. The summed E-state index contributed by atoms with van der Waals surface area (Å²) in [6.07, 6.45) is 2.13. The quantitative estimate of drug-likeness (QED) is 0.471. The van der Waals surface area contributed by atoms with Crippen molar-refractivity contribution < 1.29 is 9.59 Å². The number of hydrogen-bond acceptors (Lipinski definition) is 4. The molecule has 31 heavy (non-hydrogen) atoms. The normalized spacial score (nSPS) is 13.5. The zero-order valence-corrected chi connectivity index (χ0v) is 17.7. The Kier molecular flexibility index (Phi) is 5.22. The molecule has 1 N–H and O–H groups in total. The number of nitrogens with zero attached hydrogens (tertiary/aromatic N) is 2. The van der Waals surface area contributed by atoms with Crippen LogP contribution in [0.3, 0.4) is 0 Å². The van der Waals surface area contributed by atoms with Crippen LogP contribution < -0.4 is 5.32 Å². The molecule has 0 atom stereocenters. The van der Waals surface area contributed by atoms with Gasteiger partial charge in [-0.05, 0) is 60.7 Å². The molecule has 1 fully saturated rings. The van der Waals surface area contributed by atoms with Crippen molar-refractivity contribution >= 4 is 39.7 Å². The van der Waals surface area contributed by atoms with E-state index in [0.717, 1.165) is 47.4 Å². The number of rotatable bonds is 4. The minimum Gasteiger partial charge on any atom is -0.339 e. The standard InChI is InChI=1S/C25H21N3O2S/c29-24(26-18-11-9-17(10-12-18)25(30)28-13-3-4-14-28)20-16-22(23-8-5-15-31-23)27-21-7-2-1-6-19(20)21/h1-2,5-12,15-16H,3-4,13-14H2,(H,26,29). The summed E-state index contributed by atoms with van der Waals surface area (Å²) in [5, 5.41) is 5.77. The number of thiophene rings is 1. The SMILES string of the molecule is O=C(Nc1ccc(C(=O)N2CCCC2)cc1)c1cc(-c2cccs2)nc2ccccc12. The summed E-state index contributed by atoms with van der Waals surface area (Å²) in [6.45, 7) is 1.64. The van der Waals surface area contributed by atoms with Crippen molar-refractivity contribution in [1.29, 1.82) is 0 Å². The van der Waals surface area contributed by atoms with E-state index in [0.29, 0.717) is 16.8 Å². The highest BCUT2D eigenvalue weighted by molar-refractivity contribution is 7.13. The molecule has 5 nitrogen and oxygen atoms in total. The third-order valence-corrected chi connectivity index (χ3v) is 6.41. The third kappa shape index (κ3) is 3.94. The lowest BCUT2D eigenvalue weighted by Crippen LogP contribution is -2.27. The summed E-state index contributed by atoms with van der Waals surface area (Å²) < 4.78 is 0. The predicted octanol–water partition coefficient (Wildman–Crippen LogP) is 5.45. The Morgan fingerprint density at radius 2 is 1.71 bits per heavy atom. The van der Waals surface area contributed by atoms with Crippen LogP contribution in [-0.4, -0.2) is 34.8 Å². The van der Waals surface area contributed by atoms with Gasteiger partial charge in [-0.1, -0.05) is 24.3 Å². The summed E-state index contributed by atoms with van der Waals surface area (Å²) in [5.41, 5.74) is 3.44. The lowest BCUT2D eigenvalue weighted by atomic mass is 10.1. The molecule has 1 aliphatic rings. The molecule has 5 rings (SSSR count). The van der Waals surface area contributed by atoms with Gasteiger partial charge in [0, 0.05) is 29.7 Å². The van der Waals surface area contributed by atoms with Crippen molar-refractivity contribution in [3.05, 3.63) is 83.2 Å². The molecule has 0 unspecified atom stereocenters. The highest BCUT2D eigenvalue weighted by Crippen LogP contribution is 2.28. The Labute approximate surface area is 184 Å². The Bertz CT molecular complexity index is 1240. The monoisotopic (exact) mass is 427 g/mol. The fourth-order valence-electron chi connectivity index (χ4n) is 3.91. The highest BCUT2D eigenvalue weighted by atomic mass is 32.1. The molecule has 2 aromatic carbocycles. The van der Waals surface area contributed by atoms with Gasteiger partial charge in [-0.3, -0.25) is 9.59 Å². The number of fused-ring (bicyclic) bond motifs is 1. The fraction of sp³-hybridized carbons (Fsp3) is 0.160. The van der Waals surface area contributed by atoms with E-state index in [4.69, 9.17) is 4.98 Å². The second kappa shape index (κ2) is 8.32. The number of anilines is 1. The van der Waals surface area contributed by atoms with Crippen LogP contribution >= 0.6 is 11.3 Å². The van der Waals surface area contributed by atoms with Gasteiger partial charge in [0.15, 0.2) is 0 Å². The molecule has 0 spiro atoms. The van der Waals surface area contributed by atoms with Gasteiger partial charge in [0.05, 0.1) is 21.7 Å². The molecule has 3 heterocycles. The number of nitrogens with one attached hydrogen (secondary N) is 1. The zero-order valence-electron chi connectivity index (χ0n) is 16.9. The second-order valence-corrected chi connectivity index (χ2v) is 8.53. The molecule has 0 aliphatic carbocycles. The van der Waals surface area contributed by atoms with Crippen molar-refractivity contribution in [2.24, 2.45) is 0 Å². The summed E-state index contributed by atoms with van der Waals surface area (Å²) in [7, 11) is 0. The van der Waals surface area contributed by atoms with E-state index < -0.39 is 0 Å². The molecule has 0 saturated carbocycles. The van der Waals surface area contributed by atoms with Crippen molar-refractivity contribution in [1.82, 2.24) is 9.88 Å². The number of para-hydroxylation sites is 1. The van der Waals surface area contributed by atoms with Gasteiger partial charge in [0.2, 0.25) is 0 Å². The fourth-order valence-corrected chi connectivity index (χ4v) is 4.60. The van der Waals surface area contributed by atoms with Crippen LogP contribution in [-0.2, 0) is 0 Å². The van der Waals surface area contributed by atoms with E-state index in [1.54, 1.807) is 35.6 Å². The summed E-state index contributed by atoms with van der Waals surface area (Å²) >= 11 is 1.59. The predicted molar refractivity (Wildman–Crippen MR) is 125 cm³/mol. The lowest BCUT2D eigenvalue weighted by molar-refractivity contribution is 0.0792. The first-order chi connectivity index (χ1) is 15.2. The second-order valence-electron chi connectivity index (χ2n) is 7.58. The van der Waals surface area contributed by atoms with Crippen LogP contribution in [0.4, 0.5) is 5.69 Å². The number of benzene rings is 2. The molecule has 2 aromatic heterocycles. The number of amides is 2. The van der Waals surface area contributed by atoms with E-state index in [2.05, 4.69) is 5.32 Å². The van der Waals surface area contributed by atoms with Crippen molar-refractivity contribution in [3.63, 3.8) is 0 Å². The van der Waals surface area contributed by atoms with Gasteiger partial charge in [-0.25, -0.2) is 4.98 Å². The largest absolute Gasteiger partial charge is 0.339 e. The van der Waals surface area contributed by atoms with Gasteiger partial charge in [-0.2, -0.15) is 0 Å². The molecule has 0 bridgehead atoms. The first-order valence-corrected chi connectivity index (χ1v) is 11.2. The number of pyridine rings is 1. The molecule has 1 saturated heterocycles. The smallest absolute Gasteiger partial charge is 0.256 e. The van der Waals surface area contributed by atoms with E-state index in [1.165, 1.54) is 0 Å². The summed E-state index contributed by atoms with van der Waals surface area (Å²) in [5.74, 6) is -0.147. The van der Waals surface area contributed by atoms with Crippen LogP contribution in [0.2, 0.25) is 0 Å². The Morgan fingerprint density at radius 3 is 2.45 bits per heavy atom. The first kappa shape index (κ1) is 19.5. The van der Waals surface area contributed by atoms with E-state index in [1.807, 2.05) is 52.7 Å². The van der Waals surface area contributed by atoms with Crippen molar-refractivity contribution in [3.8, 4) is 10.6 Å². The lowest BCUT2D eigenvalue weighted by Gasteiger charge is -2.15. The van der Waals surface area contributed by atoms with Crippen molar-refractivity contribution in [2.75, 3.05) is 18.4 Å². The summed E-state index contributed by atoms with van der Waals surface area (Å²) in [4.78, 5) is 33.3. The number of likely N-dealkylation sites (tertiary alicyclic amines) is 1. The van der Waals surface area contributed by atoms with Crippen LogP contribution in [0.1, 0.15) is 33.6 Å². The number of carbonyl (C=O) groups excluding carboxylic acids is 2. The van der Waals surface area contributed by atoms with Gasteiger partial charge in [0.1, 0.15) is 0 Å². The van der Waals surface area contributed by atoms with Crippen LogP contribution in [0.25, 0.3) is 21.5 Å². The molecule has 1 aliphatic heterocycles. The molecule has 2 amide bonds. The topological polar surface area (TPSA) is 62.3 Å². The van der Waals surface area contributed by atoms with Gasteiger partial charge >= 0.3 is 0 Å². The van der Waals surface area contributed by atoms with E-state index >= 15 is 0 Å². The molecular weight excluding hydrogens is 406 g/mol. The van der Waals surface area contributed by atoms with Crippen molar-refractivity contribution in [2.45, 2.75) is 12.8 Å². The average Bonchev–Trinajstić information content (AvgIpc) is 3.53. The van der Waals surface area contributed by atoms with Crippen LogP contribution in [0.15, 0.2) is 72.1 Å². The molecular formula is C25H21N3O2S. The highest BCUT2D eigenvalue weighted by Gasteiger charge is 2.19. The Hall–Kier alpha value is -3.51. The van der Waals surface area contributed by atoms with Crippen LogP contribution in [0.5, 0.6) is 0 Å². The maximum absolute atomic E-state index is 13.2. The molecule has 154 valence electrons. The third-order valence-electron chi connectivity index (χ3n) is 5.52. The molecule has 4 aromatic rings. The Morgan fingerprint density at radius 1 is 0.935 bits per heavy atom. The maximum Gasteiger partial charge on any atom is 0.256 e. The van der Waals surface area contributed by atoms with Gasteiger partial charge < -0.3 is 10.2 Å². The molecule has 0 radical (unpaired) electrons. The minimum atomic E-state index is -0.199. The number of carbonyl (C=O) groups is 2. The summed E-state index contributed by atoms with van der Waals surface area (Å²) in [6, 6.07) is 20.6. The first-order valence-electron chi connectivity index (χ1n) is 10.3. The van der Waals surface area contributed by atoms with E-state index in [9.17, 15) is 9.59 Å². The van der Waals surface area contributed by atoms with Gasteiger partial charge in [-0.15, -0.1) is 11.3 Å². The minimum absolute atomic E-state index is 0.0519. The van der Waals surface area contributed by atoms with Crippen LogP contribution in [0, 0.1) is 0 Å². The Balaban J connectivity index is 1.42. The van der Waals surface area contributed by atoms with E-state index in [-0.39, 0.29) is 11.8 Å². The average molecular weight is 428 g/mol.